The first-order valence-electron chi connectivity index (χ1n) is 17.2. The number of carbonyl (C=O) groups is 2. The number of benzene rings is 2. The molecule has 0 saturated carbocycles. The van der Waals surface area contributed by atoms with E-state index in [-0.39, 0.29) is 42.4 Å². The Labute approximate surface area is 282 Å². The first-order valence-corrected chi connectivity index (χ1v) is 17.2. The molecule has 0 N–H and O–H groups in total. The zero-order chi connectivity index (χ0) is 33.5. The summed E-state index contributed by atoms with van der Waals surface area (Å²) in [6.07, 6.45) is 7.64. The third kappa shape index (κ3) is 8.52. The minimum Gasteiger partial charge on any atom is -0.462 e. The Kier molecular flexibility index (Phi) is 11.6. The Balaban J connectivity index is 0.926. The topological polar surface area (TPSA) is 116 Å². The third-order valence-corrected chi connectivity index (χ3v) is 10.7. The maximum Gasteiger partial charge on any atom is 0.482 e. The van der Waals surface area contributed by atoms with E-state index in [1.54, 1.807) is 0 Å². The molecule has 0 aromatic heterocycles. The molecule has 4 heterocycles. The quantitative estimate of drug-likeness (QED) is 0.109. The van der Waals surface area contributed by atoms with E-state index in [2.05, 4.69) is 23.9 Å². The zero-order valence-electron chi connectivity index (χ0n) is 27.9. The van der Waals surface area contributed by atoms with Crippen molar-refractivity contribution in [2.75, 3.05) is 40.9 Å². The lowest BCUT2D eigenvalue weighted by Gasteiger charge is -2.36. The SMILES string of the molecule is CN1[C@@H]2CC[C@H]1C[C@@H](OC(=O)C(COCO[N+](=O)OCOCC(C(=O)O[C@H]1C[C@H]3CC[C@@H](C1)N3C)c1ccccc1)c1ccccc1)C2. The largest absolute Gasteiger partial charge is 0.482 e. The van der Waals surface area contributed by atoms with Crippen LogP contribution in [0.4, 0.5) is 0 Å². The molecule has 4 aliphatic heterocycles. The van der Waals surface area contributed by atoms with Crippen LogP contribution in [-0.4, -0.2) is 104 Å². The van der Waals surface area contributed by atoms with Crippen LogP contribution < -0.4 is 0 Å². The molecular formula is C36H48N3O9+. The highest BCUT2D eigenvalue weighted by molar-refractivity contribution is 5.79. The van der Waals surface area contributed by atoms with Gasteiger partial charge in [0.05, 0.1) is 13.2 Å². The fourth-order valence-electron chi connectivity index (χ4n) is 7.91. The fraction of sp³-hybridized carbons (Fsp3) is 0.611. The Morgan fingerprint density at radius 3 is 1.35 bits per heavy atom. The second-order valence-corrected chi connectivity index (χ2v) is 13.5. The summed E-state index contributed by atoms with van der Waals surface area (Å²) in [5.41, 5.74) is 1.52. The van der Waals surface area contributed by atoms with Crippen LogP contribution in [0.25, 0.3) is 0 Å². The van der Waals surface area contributed by atoms with Gasteiger partial charge in [0, 0.05) is 24.2 Å². The van der Waals surface area contributed by atoms with Crippen molar-refractivity contribution in [3.05, 3.63) is 76.7 Å². The Morgan fingerprint density at radius 2 is 1.00 bits per heavy atom. The van der Waals surface area contributed by atoms with Crippen molar-refractivity contribution in [2.24, 2.45) is 0 Å². The molecule has 8 atom stereocenters. The van der Waals surface area contributed by atoms with E-state index in [1.165, 1.54) is 0 Å². The van der Waals surface area contributed by atoms with Crippen LogP contribution in [0.1, 0.15) is 74.3 Å². The summed E-state index contributed by atoms with van der Waals surface area (Å²) in [5, 5.41) is -0.103. The van der Waals surface area contributed by atoms with Gasteiger partial charge in [-0.1, -0.05) is 60.7 Å². The molecule has 2 unspecified atom stereocenters. The highest BCUT2D eigenvalue weighted by atomic mass is 17.0. The Morgan fingerprint density at radius 1 is 0.646 bits per heavy atom. The molecule has 260 valence electrons. The van der Waals surface area contributed by atoms with Crippen LogP contribution in [0.3, 0.4) is 0 Å². The molecule has 2 aromatic carbocycles. The molecule has 0 aliphatic carbocycles. The summed E-state index contributed by atoms with van der Waals surface area (Å²) < 4.78 is 23.1. The predicted octanol–water partition coefficient (Wildman–Crippen LogP) is 4.48. The smallest absolute Gasteiger partial charge is 0.462 e. The number of ether oxygens (including phenoxy) is 4. The number of esters is 2. The maximum absolute atomic E-state index is 13.3. The number of hydrogen-bond donors (Lipinski definition) is 0. The third-order valence-electron chi connectivity index (χ3n) is 10.7. The van der Waals surface area contributed by atoms with Crippen molar-refractivity contribution in [1.29, 1.82) is 0 Å². The second-order valence-electron chi connectivity index (χ2n) is 13.5. The van der Waals surface area contributed by atoms with Gasteiger partial charge in [-0.15, -0.1) is 0 Å². The van der Waals surface area contributed by atoms with Crippen molar-refractivity contribution in [1.82, 2.24) is 9.80 Å². The van der Waals surface area contributed by atoms with E-state index < -0.39 is 25.4 Å². The van der Waals surface area contributed by atoms with Crippen molar-refractivity contribution in [3.63, 3.8) is 0 Å². The molecule has 0 amide bonds. The average Bonchev–Trinajstić information content (AvgIpc) is 3.40. The van der Waals surface area contributed by atoms with Gasteiger partial charge in [-0.2, -0.15) is 9.68 Å². The predicted molar refractivity (Wildman–Crippen MR) is 173 cm³/mol. The van der Waals surface area contributed by atoms with Crippen LogP contribution in [0.15, 0.2) is 60.7 Å². The van der Waals surface area contributed by atoms with E-state index in [9.17, 15) is 14.5 Å². The average molecular weight is 667 g/mol. The maximum atomic E-state index is 13.3. The number of carbonyl (C=O) groups excluding carboxylic acids is 2. The summed E-state index contributed by atoms with van der Waals surface area (Å²) in [6, 6.07) is 20.4. The highest BCUT2D eigenvalue weighted by Gasteiger charge is 2.42. The molecule has 6 rings (SSSR count). The van der Waals surface area contributed by atoms with E-state index in [0.717, 1.165) is 62.5 Å². The van der Waals surface area contributed by atoms with Crippen molar-refractivity contribution in [3.8, 4) is 0 Å². The lowest BCUT2D eigenvalue weighted by molar-refractivity contribution is -0.989. The van der Waals surface area contributed by atoms with Crippen LogP contribution in [0.5, 0.6) is 0 Å². The van der Waals surface area contributed by atoms with Gasteiger partial charge < -0.3 is 28.7 Å². The Hall–Kier alpha value is -3.58. The summed E-state index contributed by atoms with van der Waals surface area (Å²) >= 11 is 0. The van der Waals surface area contributed by atoms with Crippen LogP contribution in [0.2, 0.25) is 0 Å². The molecule has 4 bridgehead atoms. The second kappa shape index (κ2) is 16.2. The van der Waals surface area contributed by atoms with Gasteiger partial charge in [-0.05, 0) is 76.6 Å². The van der Waals surface area contributed by atoms with Crippen molar-refractivity contribution < 1.29 is 43.3 Å². The van der Waals surface area contributed by atoms with Crippen molar-refractivity contribution in [2.45, 2.75) is 99.6 Å². The number of piperidine rings is 2. The van der Waals surface area contributed by atoms with Gasteiger partial charge in [0.25, 0.3) is 13.6 Å². The van der Waals surface area contributed by atoms with Gasteiger partial charge in [0.1, 0.15) is 29.0 Å². The van der Waals surface area contributed by atoms with E-state index in [1.807, 2.05) is 60.7 Å². The fourth-order valence-corrected chi connectivity index (χ4v) is 7.91. The number of fused-ring (bicyclic) bond motifs is 4. The standard InChI is InChI=1S/C36H48N3O9/c1-37-27-13-14-28(37)18-31(17-27)47-35(40)33(25-9-5-3-6-10-25)21-43-23-45-39(42)46-24-44-22-34(26-11-7-4-8-12-26)36(41)48-32-19-29-15-16-30(20-32)38(29)2/h3-12,27-34H,13-24H2,1-2H3/q+1/t27-,28+,29-,30+,31+,32+,33?,34?. The molecule has 2 aromatic rings. The van der Waals surface area contributed by atoms with Gasteiger partial charge in [-0.3, -0.25) is 9.59 Å². The lowest BCUT2D eigenvalue weighted by Crippen LogP contribution is -2.44. The van der Waals surface area contributed by atoms with Crippen LogP contribution in [0, 0.1) is 4.91 Å². The summed E-state index contributed by atoms with van der Waals surface area (Å²) in [5.74, 6) is -2.05. The first-order chi connectivity index (χ1) is 23.4. The molecule has 12 heteroatoms. The van der Waals surface area contributed by atoms with Crippen LogP contribution >= 0.6 is 0 Å². The zero-order valence-corrected chi connectivity index (χ0v) is 27.9. The molecule has 4 aliphatic rings. The van der Waals surface area contributed by atoms with Crippen molar-refractivity contribution >= 4 is 11.9 Å². The van der Waals surface area contributed by atoms with Gasteiger partial charge in [0.15, 0.2) is 0 Å². The molecule has 48 heavy (non-hydrogen) atoms. The van der Waals surface area contributed by atoms with Gasteiger partial charge in [0.2, 0.25) is 0 Å². The Bertz CT molecular complexity index is 1240. The minimum atomic E-state index is -0.671. The van der Waals surface area contributed by atoms with E-state index >= 15 is 0 Å². The van der Waals surface area contributed by atoms with Gasteiger partial charge >= 0.3 is 17.0 Å². The number of rotatable bonds is 16. The summed E-state index contributed by atoms with van der Waals surface area (Å²) in [6.45, 7) is -0.968. The molecule has 0 spiro atoms. The number of nitrogens with zero attached hydrogens (tertiary/aromatic N) is 3. The molecule has 12 nitrogen and oxygen atoms in total. The lowest BCUT2D eigenvalue weighted by atomic mass is 9.98. The van der Waals surface area contributed by atoms with Gasteiger partial charge in [-0.25, -0.2) is 0 Å². The molecule has 4 fully saturated rings. The minimum absolute atomic E-state index is 0.0354. The monoisotopic (exact) mass is 666 g/mol. The summed E-state index contributed by atoms with van der Waals surface area (Å²) in [4.78, 5) is 53.5. The molecular weight excluding hydrogens is 618 g/mol. The van der Waals surface area contributed by atoms with E-state index in [4.69, 9.17) is 28.6 Å². The first kappa shape index (κ1) is 34.3. The number of hydrogen-bond acceptors (Lipinski definition) is 11. The highest BCUT2D eigenvalue weighted by Crippen LogP contribution is 2.37. The normalized spacial score (nSPS) is 28.0. The molecule has 4 saturated heterocycles. The van der Waals surface area contributed by atoms with E-state index in [0.29, 0.717) is 24.2 Å². The van der Waals surface area contributed by atoms with Crippen LogP contribution in [-0.2, 0) is 38.2 Å². The molecule has 0 radical (unpaired) electrons. The summed E-state index contributed by atoms with van der Waals surface area (Å²) in [7, 11) is 4.29.